The molecule has 2 aromatic heterocycles. The zero-order chi connectivity index (χ0) is 16.2. The lowest BCUT2D eigenvalue weighted by molar-refractivity contribution is -0.134. The highest BCUT2D eigenvalue weighted by molar-refractivity contribution is 5.76. The van der Waals surface area contributed by atoms with E-state index in [1.165, 1.54) is 0 Å². The minimum absolute atomic E-state index is 0.146. The van der Waals surface area contributed by atoms with Gasteiger partial charge in [0.2, 0.25) is 5.91 Å². The predicted octanol–water partition coefficient (Wildman–Crippen LogP) is -0.526. The molecule has 8 nitrogen and oxygen atoms in total. The number of carbonyl (C=O) groups is 1. The molecule has 0 unspecified atom stereocenters. The summed E-state index contributed by atoms with van der Waals surface area (Å²) in [5.41, 5.74) is -0.796. The standard InChI is InChI=1S/C15H18N4O4/c20-13-3-4-14(21)19(16-13)11-15(22)18-7-5-17(6-8-18)10-12-2-1-9-23-12/h1-4,9H,5-8,10-11H2,(H,16,20). The van der Waals surface area contributed by atoms with Crippen LogP contribution in [0.15, 0.2) is 44.5 Å². The van der Waals surface area contributed by atoms with Gasteiger partial charge >= 0.3 is 0 Å². The van der Waals surface area contributed by atoms with E-state index in [-0.39, 0.29) is 12.5 Å². The van der Waals surface area contributed by atoms with Crippen LogP contribution in [0, 0.1) is 0 Å². The molecule has 0 saturated carbocycles. The average Bonchev–Trinajstić information content (AvgIpc) is 3.04. The van der Waals surface area contributed by atoms with E-state index in [9.17, 15) is 14.4 Å². The highest BCUT2D eigenvalue weighted by atomic mass is 16.3. The van der Waals surface area contributed by atoms with Crippen molar-refractivity contribution in [1.29, 1.82) is 0 Å². The van der Waals surface area contributed by atoms with E-state index < -0.39 is 11.1 Å². The molecule has 0 aromatic carbocycles. The van der Waals surface area contributed by atoms with E-state index in [2.05, 4.69) is 10.00 Å². The number of amides is 1. The van der Waals surface area contributed by atoms with Gasteiger partial charge in [-0.3, -0.25) is 24.4 Å². The summed E-state index contributed by atoms with van der Waals surface area (Å²) in [7, 11) is 0. The summed E-state index contributed by atoms with van der Waals surface area (Å²) in [6.07, 6.45) is 1.65. The molecule has 3 heterocycles. The van der Waals surface area contributed by atoms with Crippen molar-refractivity contribution in [2.24, 2.45) is 0 Å². The fourth-order valence-electron chi connectivity index (χ4n) is 2.59. The fraction of sp³-hybridized carbons (Fsp3) is 0.400. The number of nitrogens with zero attached hydrogens (tertiary/aromatic N) is 3. The van der Waals surface area contributed by atoms with Gasteiger partial charge in [-0.25, -0.2) is 4.68 Å². The van der Waals surface area contributed by atoms with Crippen LogP contribution in [0.2, 0.25) is 0 Å². The Kier molecular flexibility index (Phi) is 4.42. The van der Waals surface area contributed by atoms with Gasteiger partial charge in [0.25, 0.3) is 11.1 Å². The summed E-state index contributed by atoms with van der Waals surface area (Å²) in [4.78, 5) is 39.0. The third kappa shape index (κ3) is 3.78. The van der Waals surface area contributed by atoms with E-state index in [4.69, 9.17) is 4.42 Å². The molecule has 1 amide bonds. The fourth-order valence-corrected chi connectivity index (χ4v) is 2.59. The van der Waals surface area contributed by atoms with Crippen LogP contribution in [0.3, 0.4) is 0 Å². The van der Waals surface area contributed by atoms with Gasteiger partial charge < -0.3 is 9.32 Å². The van der Waals surface area contributed by atoms with E-state index >= 15 is 0 Å². The topological polar surface area (TPSA) is 91.5 Å². The summed E-state index contributed by atoms with van der Waals surface area (Å²) < 4.78 is 6.36. The molecule has 0 aliphatic carbocycles. The molecule has 1 N–H and O–H groups in total. The van der Waals surface area contributed by atoms with Crippen LogP contribution in [0.5, 0.6) is 0 Å². The molecule has 122 valence electrons. The molecule has 1 saturated heterocycles. The van der Waals surface area contributed by atoms with Gasteiger partial charge in [-0.15, -0.1) is 0 Å². The van der Waals surface area contributed by atoms with Crippen molar-refractivity contribution in [3.63, 3.8) is 0 Å². The lowest BCUT2D eigenvalue weighted by Crippen LogP contribution is -2.49. The first kappa shape index (κ1) is 15.3. The zero-order valence-electron chi connectivity index (χ0n) is 12.6. The molecule has 0 spiro atoms. The van der Waals surface area contributed by atoms with Crippen molar-refractivity contribution in [3.05, 3.63) is 57.0 Å². The Labute approximate surface area is 131 Å². The monoisotopic (exact) mass is 318 g/mol. The Morgan fingerprint density at radius 2 is 1.91 bits per heavy atom. The number of hydrogen-bond donors (Lipinski definition) is 1. The summed E-state index contributed by atoms with van der Waals surface area (Å²) in [6, 6.07) is 6.09. The van der Waals surface area contributed by atoms with Crippen molar-refractivity contribution in [2.45, 2.75) is 13.1 Å². The minimum Gasteiger partial charge on any atom is -0.468 e. The van der Waals surface area contributed by atoms with Crippen LogP contribution in [0.4, 0.5) is 0 Å². The number of hydrogen-bond acceptors (Lipinski definition) is 5. The largest absolute Gasteiger partial charge is 0.468 e. The SMILES string of the molecule is O=C(Cn1[nH]c(=O)ccc1=O)N1CCN(Cc2ccco2)CC1. The zero-order valence-corrected chi connectivity index (χ0v) is 12.6. The van der Waals surface area contributed by atoms with Gasteiger partial charge in [-0.2, -0.15) is 0 Å². The van der Waals surface area contributed by atoms with E-state index in [1.54, 1.807) is 11.2 Å². The highest BCUT2D eigenvalue weighted by Crippen LogP contribution is 2.09. The van der Waals surface area contributed by atoms with Crippen molar-refractivity contribution < 1.29 is 9.21 Å². The molecule has 23 heavy (non-hydrogen) atoms. The predicted molar refractivity (Wildman–Crippen MR) is 81.9 cm³/mol. The number of H-pyrrole nitrogens is 1. The molecule has 3 rings (SSSR count). The number of aromatic nitrogens is 2. The molecule has 1 aliphatic rings. The van der Waals surface area contributed by atoms with Gasteiger partial charge in [0, 0.05) is 38.3 Å². The molecule has 0 radical (unpaired) electrons. The van der Waals surface area contributed by atoms with Crippen LogP contribution in [-0.4, -0.2) is 51.7 Å². The van der Waals surface area contributed by atoms with Crippen LogP contribution in [0.25, 0.3) is 0 Å². The maximum absolute atomic E-state index is 12.3. The second-order valence-corrected chi connectivity index (χ2v) is 5.47. The molecule has 1 aliphatic heterocycles. The Morgan fingerprint density at radius 3 is 2.61 bits per heavy atom. The van der Waals surface area contributed by atoms with Crippen molar-refractivity contribution >= 4 is 5.91 Å². The Balaban J connectivity index is 1.55. The Hall–Kier alpha value is -2.61. The van der Waals surface area contributed by atoms with Crippen LogP contribution < -0.4 is 11.1 Å². The Bertz CT molecular complexity index is 769. The highest BCUT2D eigenvalue weighted by Gasteiger charge is 2.22. The number of aromatic amines is 1. The Morgan fingerprint density at radius 1 is 1.13 bits per heavy atom. The van der Waals surface area contributed by atoms with Gasteiger partial charge in [-0.05, 0) is 12.1 Å². The smallest absolute Gasteiger partial charge is 0.265 e. The summed E-state index contributed by atoms with van der Waals surface area (Å²) in [5, 5.41) is 2.36. The normalized spacial score (nSPS) is 15.7. The first-order chi connectivity index (χ1) is 11.1. The van der Waals surface area contributed by atoms with Crippen LogP contribution >= 0.6 is 0 Å². The molecule has 0 bridgehead atoms. The van der Waals surface area contributed by atoms with Crippen LogP contribution in [0.1, 0.15) is 5.76 Å². The number of furan rings is 1. The first-order valence-corrected chi connectivity index (χ1v) is 7.44. The van der Waals surface area contributed by atoms with Gasteiger partial charge in [-0.1, -0.05) is 0 Å². The van der Waals surface area contributed by atoms with Crippen molar-refractivity contribution in [1.82, 2.24) is 19.6 Å². The third-order valence-electron chi connectivity index (χ3n) is 3.87. The molecule has 1 fully saturated rings. The number of carbonyl (C=O) groups excluding carboxylic acids is 1. The van der Waals surface area contributed by atoms with Crippen LogP contribution in [-0.2, 0) is 17.9 Å². The maximum Gasteiger partial charge on any atom is 0.265 e. The average molecular weight is 318 g/mol. The molecule has 8 heteroatoms. The van der Waals surface area contributed by atoms with E-state index in [0.29, 0.717) is 13.1 Å². The third-order valence-corrected chi connectivity index (χ3v) is 3.87. The lowest BCUT2D eigenvalue weighted by atomic mass is 10.3. The molecule has 0 atom stereocenters. The van der Waals surface area contributed by atoms with Gasteiger partial charge in [0.1, 0.15) is 12.3 Å². The van der Waals surface area contributed by atoms with Gasteiger partial charge in [0.15, 0.2) is 0 Å². The summed E-state index contributed by atoms with van der Waals surface area (Å²) in [5.74, 6) is 0.727. The van der Waals surface area contributed by atoms with Gasteiger partial charge in [0.05, 0.1) is 12.8 Å². The molecular formula is C15H18N4O4. The second-order valence-electron chi connectivity index (χ2n) is 5.47. The van der Waals surface area contributed by atoms with Crippen molar-refractivity contribution in [3.8, 4) is 0 Å². The summed E-state index contributed by atoms with van der Waals surface area (Å²) in [6.45, 7) is 3.24. The minimum atomic E-state index is -0.402. The first-order valence-electron chi connectivity index (χ1n) is 7.44. The quantitative estimate of drug-likeness (QED) is 0.818. The maximum atomic E-state index is 12.3. The molecule has 2 aromatic rings. The van der Waals surface area contributed by atoms with E-state index in [0.717, 1.165) is 42.2 Å². The lowest BCUT2D eigenvalue weighted by Gasteiger charge is -2.34. The van der Waals surface area contributed by atoms with E-state index in [1.807, 2.05) is 12.1 Å². The number of nitrogens with one attached hydrogen (secondary N) is 1. The summed E-state index contributed by atoms with van der Waals surface area (Å²) >= 11 is 0. The molecular weight excluding hydrogens is 300 g/mol. The number of rotatable bonds is 4. The second kappa shape index (κ2) is 6.66. The van der Waals surface area contributed by atoms with Crippen molar-refractivity contribution in [2.75, 3.05) is 26.2 Å². The number of piperazine rings is 1.